The van der Waals surface area contributed by atoms with E-state index in [-0.39, 0.29) is 0 Å². The van der Waals surface area contributed by atoms with E-state index in [1.165, 1.54) is 6.07 Å². The maximum Gasteiger partial charge on any atom is 0.416 e. The zero-order valence-corrected chi connectivity index (χ0v) is 11.4. The van der Waals surface area contributed by atoms with E-state index in [0.717, 1.165) is 22.2 Å². The van der Waals surface area contributed by atoms with Crippen LogP contribution in [0.15, 0.2) is 53.0 Å². The predicted molar refractivity (Wildman–Crippen MR) is 71.6 cm³/mol. The summed E-state index contributed by atoms with van der Waals surface area (Å²) in [5, 5.41) is 0. The van der Waals surface area contributed by atoms with E-state index >= 15 is 0 Å². The van der Waals surface area contributed by atoms with Crippen LogP contribution >= 0.6 is 15.9 Å². The van der Waals surface area contributed by atoms with Gasteiger partial charge in [-0.1, -0.05) is 46.3 Å². The van der Waals surface area contributed by atoms with Crippen molar-refractivity contribution in [2.24, 2.45) is 5.73 Å². The molecule has 2 rings (SSSR count). The van der Waals surface area contributed by atoms with Crippen molar-refractivity contribution in [3.8, 4) is 0 Å². The molecule has 19 heavy (non-hydrogen) atoms. The van der Waals surface area contributed by atoms with Crippen LogP contribution < -0.4 is 5.73 Å². The summed E-state index contributed by atoms with van der Waals surface area (Å²) in [4.78, 5) is 0. The lowest BCUT2D eigenvalue weighted by molar-refractivity contribution is -0.137. The summed E-state index contributed by atoms with van der Waals surface area (Å²) < 4.78 is 38.8. The van der Waals surface area contributed by atoms with Gasteiger partial charge in [0.2, 0.25) is 0 Å². The zero-order valence-electron chi connectivity index (χ0n) is 9.79. The van der Waals surface area contributed by atoms with Gasteiger partial charge in [0.05, 0.1) is 11.6 Å². The normalized spacial score (nSPS) is 13.3. The topological polar surface area (TPSA) is 26.0 Å². The molecule has 0 bridgehead atoms. The number of alkyl halides is 3. The molecule has 0 heterocycles. The second-order valence-corrected chi connectivity index (χ2v) is 4.98. The molecule has 0 fully saturated rings. The molecule has 0 aliphatic carbocycles. The van der Waals surface area contributed by atoms with Gasteiger partial charge in [0.1, 0.15) is 0 Å². The molecule has 0 aromatic heterocycles. The summed E-state index contributed by atoms with van der Waals surface area (Å²) in [5.74, 6) is 0. The lowest BCUT2D eigenvalue weighted by Gasteiger charge is -2.16. The molecule has 0 saturated heterocycles. The Labute approximate surface area is 117 Å². The number of halogens is 4. The minimum atomic E-state index is -4.36. The van der Waals surface area contributed by atoms with Crippen molar-refractivity contribution in [1.82, 2.24) is 0 Å². The van der Waals surface area contributed by atoms with Gasteiger partial charge in [-0.05, 0) is 29.3 Å². The molecule has 0 saturated carbocycles. The largest absolute Gasteiger partial charge is 0.416 e. The van der Waals surface area contributed by atoms with Crippen LogP contribution in [0.3, 0.4) is 0 Å². The van der Waals surface area contributed by atoms with Crippen LogP contribution in [0.5, 0.6) is 0 Å². The van der Waals surface area contributed by atoms with Gasteiger partial charge in [-0.2, -0.15) is 13.2 Å². The quantitative estimate of drug-likeness (QED) is 0.861. The van der Waals surface area contributed by atoms with Crippen molar-refractivity contribution in [3.63, 3.8) is 0 Å². The van der Waals surface area contributed by atoms with Crippen LogP contribution in [-0.2, 0) is 6.18 Å². The molecule has 1 nitrogen and oxygen atoms in total. The van der Waals surface area contributed by atoms with E-state index in [1.807, 2.05) is 12.1 Å². The fraction of sp³-hybridized carbons (Fsp3) is 0.143. The molecule has 2 aromatic rings. The van der Waals surface area contributed by atoms with Crippen molar-refractivity contribution in [3.05, 3.63) is 69.7 Å². The first-order valence-electron chi connectivity index (χ1n) is 5.57. The Balaban J connectivity index is 2.40. The number of benzene rings is 2. The highest BCUT2D eigenvalue weighted by atomic mass is 79.9. The Kier molecular flexibility index (Phi) is 3.96. The van der Waals surface area contributed by atoms with Crippen LogP contribution in [0.4, 0.5) is 13.2 Å². The minimum absolute atomic E-state index is 0.432. The highest BCUT2D eigenvalue weighted by molar-refractivity contribution is 9.10. The SMILES string of the molecule is NC(c1cccc(C(F)(F)F)c1)c1ccccc1Br. The summed E-state index contributed by atoms with van der Waals surface area (Å²) in [6.45, 7) is 0. The molecule has 1 atom stereocenters. The van der Waals surface area contributed by atoms with Crippen LogP contribution in [0.25, 0.3) is 0 Å². The zero-order chi connectivity index (χ0) is 14.0. The Bertz CT molecular complexity index is 581. The highest BCUT2D eigenvalue weighted by Gasteiger charge is 2.30. The molecule has 100 valence electrons. The monoisotopic (exact) mass is 329 g/mol. The third kappa shape index (κ3) is 3.16. The molecule has 0 aliphatic rings. The van der Waals surface area contributed by atoms with Crippen LogP contribution in [-0.4, -0.2) is 0 Å². The lowest BCUT2D eigenvalue weighted by Crippen LogP contribution is -2.14. The van der Waals surface area contributed by atoms with E-state index in [2.05, 4.69) is 15.9 Å². The highest BCUT2D eigenvalue weighted by Crippen LogP contribution is 2.32. The van der Waals surface area contributed by atoms with Gasteiger partial charge in [-0.3, -0.25) is 0 Å². The van der Waals surface area contributed by atoms with Gasteiger partial charge in [0.25, 0.3) is 0 Å². The molecule has 0 amide bonds. The van der Waals surface area contributed by atoms with Gasteiger partial charge in [-0.25, -0.2) is 0 Å². The first-order valence-corrected chi connectivity index (χ1v) is 6.36. The van der Waals surface area contributed by atoms with Gasteiger partial charge >= 0.3 is 6.18 Å². The van der Waals surface area contributed by atoms with Crippen LogP contribution in [0.1, 0.15) is 22.7 Å². The molecule has 0 aliphatic heterocycles. The summed E-state index contributed by atoms with van der Waals surface area (Å²) >= 11 is 3.35. The van der Waals surface area contributed by atoms with Crippen molar-refractivity contribution >= 4 is 15.9 Å². The summed E-state index contributed by atoms with van der Waals surface area (Å²) in [6, 6.07) is 11.7. The molecule has 1 unspecified atom stereocenters. The Hall–Kier alpha value is -1.33. The Morgan fingerprint density at radius 3 is 2.32 bits per heavy atom. The van der Waals surface area contributed by atoms with Gasteiger partial charge in [0, 0.05) is 4.47 Å². The first kappa shape index (κ1) is 14.1. The van der Waals surface area contributed by atoms with E-state index < -0.39 is 17.8 Å². The fourth-order valence-corrected chi connectivity index (χ4v) is 2.35. The fourth-order valence-electron chi connectivity index (χ4n) is 1.82. The maximum atomic E-state index is 12.7. The average molecular weight is 330 g/mol. The number of hydrogen-bond acceptors (Lipinski definition) is 1. The molecule has 2 aromatic carbocycles. The number of rotatable bonds is 2. The Morgan fingerprint density at radius 2 is 1.68 bits per heavy atom. The number of hydrogen-bond donors (Lipinski definition) is 1. The smallest absolute Gasteiger partial charge is 0.320 e. The van der Waals surface area contributed by atoms with Crippen molar-refractivity contribution in [2.75, 3.05) is 0 Å². The average Bonchev–Trinajstić information content (AvgIpc) is 2.38. The summed E-state index contributed by atoms with van der Waals surface area (Å²) in [7, 11) is 0. The molecule has 2 N–H and O–H groups in total. The van der Waals surface area contributed by atoms with E-state index in [1.54, 1.807) is 18.2 Å². The molecule has 0 radical (unpaired) electrons. The summed E-state index contributed by atoms with van der Waals surface area (Å²) in [5.41, 5.74) is 6.53. The van der Waals surface area contributed by atoms with E-state index in [4.69, 9.17) is 5.73 Å². The first-order chi connectivity index (χ1) is 8.89. The molecular formula is C14H11BrF3N. The minimum Gasteiger partial charge on any atom is -0.320 e. The third-order valence-electron chi connectivity index (χ3n) is 2.81. The second kappa shape index (κ2) is 5.35. The van der Waals surface area contributed by atoms with Gasteiger partial charge in [-0.15, -0.1) is 0 Å². The predicted octanol–water partition coefficient (Wildman–Crippen LogP) is 4.52. The van der Waals surface area contributed by atoms with Crippen LogP contribution in [0, 0.1) is 0 Å². The standard InChI is InChI=1S/C14H11BrF3N/c15-12-7-2-1-6-11(12)13(19)9-4-3-5-10(8-9)14(16,17)18/h1-8,13H,19H2. The van der Waals surface area contributed by atoms with Gasteiger partial charge in [0.15, 0.2) is 0 Å². The molecule has 5 heteroatoms. The third-order valence-corrected chi connectivity index (χ3v) is 3.54. The van der Waals surface area contributed by atoms with Crippen LogP contribution in [0.2, 0.25) is 0 Å². The number of nitrogens with two attached hydrogens (primary N) is 1. The van der Waals surface area contributed by atoms with E-state index in [9.17, 15) is 13.2 Å². The second-order valence-electron chi connectivity index (χ2n) is 4.12. The van der Waals surface area contributed by atoms with Crippen molar-refractivity contribution < 1.29 is 13.2 Å². The van der Waals surface area contributed by atoms with Crippen molar-refractivity contribution in [1.29, 1.82) is 0 Å². The molecule has 0 spiro atoms. The van der Waals surface area contributed by atoms with E-state index in [0.29, 0.717) is 5.56 Å². The Morgan fingerprint density at radius 1 is 1.00 bits per heavy atom. The lowest BCUT2D eigenvalue weighted by atomic mass is 9.98. The van der Waals surface area contributed by atoms with Crippen molar-refractivity contribution in [2.45, 2.75) is 12.2 Å². The maximum absolute atomic E-state index is 12.7. The summed E-state index contributed by atoms with van der Waals surface area (Å²) in [6.07, 6.45) is -4.36. The molecular weight excluding hydrogens is 319 g/mol. The van der Waals surface area contributed by atoms with Gasteiger partial charge < -0.3 is 5.73 Å².